The van der Waals surface area contributed by atoms with Crippen molar-refractivity contribution in [2.45, 2.75) is 37.9 Å². The molecule has 0 unspecified atom stereocenters. The quantitative estimate of drug-likeness (QED) is 0.342. The van der Waals surface area contributed by atoms with E-state index in [1.165, 1.54) is 30.2 Å². The van der Waals surface area contributed by atoms with Crippen LogP contribution >= 0.6 is 11.8 Å². The summed E-state index contributed by atoms with van der Waals surface area (Å²) in [6.07, 6.45) is 7.54. The van der Waals surface area contributed by atoms with Gasteiger partial charge < -0.3 is 10.1 Å². The molecule has 1 heterocycles. The summed E-state index contributed by atoms with van der Waals surface area (Å²) in [5.74, 6) is 0.756. The molecule has 3 rings (SSSR count). The highest BCUT2D eigenvalue weighted by Crippen LogP contribution is 2.23. The lowest BCUT2D eigenvalue weighted by molar-refractivity contribution is -0.118. The highest BCUT2D eigenvalue weighted by Gasteiger charge is 2.30. The number of nitrogens with one attached hydrogen (secondary N) is 1. The minimum Gasteiger partial charge on any atom is -0.490 e. The summed E-state index contributed by atoms with van der Waals surface area (Å²) in [4.78, 5) is 12.3. The van der Waals surface area contributed by atoms with Crippen molar-refractivity contribution in [2.75, 3.05) is 6.61 Å². The fraction of sp³-hybridized carbons (Fsp3) is 0.292. The zero-order chi connectivity index (χ0) is 21.2. The van der Waals surface area contributed by atoms with Crippen molar-refractivity contribution < 1.29 is 9.53 Å². The first kappa shape index (κ1) is 21.8. The molecular weight excluding hydrogens is 394 g/mol. The minimum atomic E-state index is -0.179. The second-order valence-electron chi connectivity index (χ2n) is 7.04. The van der Waals surface area contributed by atoms with Crippen molar-refractivity contribution in [2.24, 2.45) is 10.2 Å². The number of unbranched alkanes of at least 4 members (excludes halogenated alkanes) is 1. The van der Waals surface area contributed by atoms with Gasteiger partial charge in [0.2, 0.25) is 5.91 Å². The van der Waals surface area contributed by atoms with Gasteiger partial charge in [0.1, 0.15) is 12.4 Å². The number of amidine groups is 1. The van der Waals surface area contributed by atoms with Crippen molar-refractivity contribution in [3.63, 3.8) is 0 Å². The predicted octanol–water partition coefficient (Wildman–Crippen LogP) is 4.76. The molecule has 1 aliphatic rings. The van der Waals surface area contributed by atoms with E-state index in [9.17, 15) is 4.79 Å². The third kappa shape index (κ3) is 6.59. The molecule has 1 fully saturated rings. The number of nitrogens with zero attached hydrogens (tertiary/aromatic N) is 2. The summed E-state index contributed by atoms with van der Waals surface area (Å²) in [6.45, 7) is 6.30. The van der Waals surface area contributed by atoms with Crippen LogP contribution in [0.3, 0.4) is 0 Å². The lowest BCUT2D eigenvalue weighted by Crippen LogP contribution is -2.25. The predicted molar refractivity (Wildman–Crippen MR) is 125 cm³/mol. The van der Waals surface area contributed by atoms with Crippen molar-refractivity contribution >= 4 is 29.1 Å². The molecule has 2 aromatic carbocycles. The zero-order valence-corrected chi connectivity index (χ0v) is 18.0. The molecule has 2 aromatic rings. The molecule has 0 aromatic heterocycles. The van der Waals surface area contributed by atoms with Gasteiger partial charge in [0.05, 0.1) is 11.5 Å². The molecule has 1 saturated heterocycles. The number of thioether (sulfide) groups is 1. The number of aryl methyl sites for hydroxylation is 1. The van der Waals surface area contributed by atoms with Crippen LogP contribution in [0.15, 0.2) is 71.4 Å². The summed E-state index contributed by atoms with van der Waals surface area (Å²) in [5, 5.41) is 11.4. The maximum atomic E-state index is 12.3. The highest BCUT2D eigenvalue weighted by atomic mass is 32.2. The first-order chi connectivity index (χ1) is 14.7. The molecule has 1 atom stereocenters. The summed E-state index contributed by atoms with van der Waals surface area (Å²) >= 11 is 1.42. The average Bonchev–Trinajstić information content (AvgIpc) is 3.11. The molecule has 0 bridgehead atoms. The summed E-state index contributed by atoms with van der Waals surface area (Å²) in [5.41, 5.74) is 3.41. The van der Waals surface area contributed by atoms with E-state index in [-0.39, 0.29) is 11.2 Å². The van der Waals surface area contributed by atoms with Gasteiger partial charge in [-0.15, -0.1) is 5.10 Å². The lowest BCUT2D eigenvalue weighted by Gasteiger charge is -2.06. The minimum absolute atomic E-state index is 0.0206. The molecule has 1 aliphatic heterocycles. The van der Waals surface area contributed by atoms with E-state index in [4.69, 9.17) is 4.74 Å². The van der Waals surface area contributed by atoms with Crippen molar-refractivity contribution in [1.82, 2.24) is 5.32 Å². The fourth-order valence-electron chi connectivity index (χ4n) is 2.98. The van der Waals surface area contributed by atoms with E-state index < -0.39 is 0 Å². The number of amides is 1. The Morgan fingerprint density at radius 1 is 1.13 bits per heavy atom. The van der Waals surface area contributed by atoms with Gasteiger partial charge in [-0.1, -0.05) is 62.0 Å². The van der Waals surface area contributed by atoms with Gasteiger partial charge >= 0.3 is 0 Å². The van der Waals surface area contributed by atoms with Crippen LogP contribution in [0.4, 0.5) is 0 Å². The van der Waals surface area contributed by atoms with E-state index in [0.717, 1.165) is 23.3 Å². The number of carbonyl (C=O) groups excluding carboxylic acids is 1. The normalized spacial score (nSPS) is 17.4. The van der Waals surface area contributed by atoms with Crippen molar-refractivity contribution in [3.05, 3.63) is 77.9 Å². The molecule has 30 heavy (non-hydrogen) atoms. The maximum absolute atomic E-state index is 12.3. The van der Waals surface area contributed by atoms with Crippen LogP contribution in [0, 0.1) is 0 Å². The summed E-state index contributed by atoms with van der Waals surface area (Å²) in [6, 6.07) is 16.1. The average molecular weight is 422 g/mol. The van der Waals surface area contributed by atoms with Crippen LogP contribution in [0.1, 0.15) is 36.5 Å². The van der Waals surface area contributed by atoms with E-state index in [0.29, 0.717) is 18.2 Å². The number of carbonyl (C=O) groups is 1. The first-order valence-electron chi connectivity index (χ1n) is 10.2. The van der Waals surface area contributed by atoms with Gasteiger partial charge in [-0.25, -0.2) is 0 Å². The fourth-order valence-corrected chi connectivity index (χ4v) is 3.94. The van der Waals surface area contributed by atoms with Crippen LogP contribution in [0.25, 0.3) is 0 Å². The maximum Gasteiger partial charge on any atom is 0.239 e. The standard InChI is InChI=1S/C24H27N3O2S/c1-3-5-6-18-7-9-19(10-8-18)16-22-23(28)26-24(30-22)27-25-17-20-11-13-21(14-12-20)29-15-4-2/h4,7-14,17,22H,2-3,5-6,15-16H2,1H3,(H,26,27,28)/b25-17-/t22-/m0/s1. The van der Waals surface area contributed by atoms with Crippen molar-refractivity contribution in [3.8, 4) is 5.75 Å². The van der Waals surface area contributed by atoms with Gasteiger partial charge in [0.15, 0.2) is 5.17 Å². The Labute approximate surface area is 182 Å². The molecule has 0 spiro atoms. The Bertz CT molecular complexity index is 905. The van der Waals surface area contributed by atoms with E-state index in [1.807, 2.05) is 24.3 Å². The highest BCUT2D eigenvalue weighted by molar-refractivity contribution is 8.15. The van der Waals surface area contributed by atoms with Crippen LogP contribution < -0.4 is 10.1 Å². The molecule has 1 N–H and O–H groups in total. The van der Waals surface area contributed by atoms with E-state index in [2.05, 4.69) is 53.3 Å². The van der Waals surface area contributed by atoms with Gasteiger partial charge in [-0.2, -0.15) is 5.10 Å². The van der Waals surface area contributed by atoms with Crippen LogP contribution in [0.5, 0.6) is 5.75 Å². The second-order valence-corrected chi connectivity index (χ2v) is 8.23. The van der Waals surface area contributed by atoms with Crippen molar-refractivity contribution in [1.29, 1.82) is 0 Å². The second kappa shape index (κ2) is 11.4. The molecule has 156 valence electrons. The summed E-state index contributed by atoms with van der Waals surface area (Å²) in [7, 11) is 0. The molecule has 0 aliphatic carbocycles. The number of benzene rings is 2. The Balaban J connectivity index is 1.52. The zero-order valence-electron chi connectivity index (χ0n) is 17.2. The Morgan fingerprint density at radius 3 is 2.57 bits per heavy atom. The number of hydrogen-bond acceptors (Lipinski definition) is 5. The Hall–Kier alpha value is -2.86. The third-order valence-corrected chi connectivity index (χ3v) is 5.72. The third-order valence-electron chi connectivity index (χ3n) is 4.64. The number of ether oxygens (including phenoxy) is 1. The molecule has 0 saturated carbocycles. The lowest BCUT2D eigenvalue weighted by atomic mass is 10.0. The van der Waals surface area contributed by atoms with Gasteiger partial charge in [0, 0.05) is 0 Å². The van der Waals surface area contributed by atoms with Gasteiger partial charge in [0.25, 0.3) is 0 Å². The van der Waals surface area contributed by atoms with Crippen LogP contribution in [0.2, 0.25) is 0 Å². The Morgan fingerprint density at radius 2 is 1.87 bits per heavy atom. The van der Waals surface area contributed by atoms with Crippen LogP contribution in [-0.4, -0.2) is 29.1 Å². The first-order valence-corrected chi connectivity index (χ1v) is 11.1. The number of hydrogen-bond donors (Lipinski definition) is 1. The van der Waals surface area contributed by atoms with Gasteiger partial charge in [-0.3, -0.25) is 4.79 Å². The monoisotopic (exact) mass is 421 g/mol. The molecule has 5 nitrogen and oxygen atoms in total. The van der Waals surface area contributed by atoms with Crippen LogP contribution in [-0.2, 0) is 17.6 Å². The Kier molecular flexibility index (Phi) is 8.27. The largest absolute Gasteiger partial charge is 0.490 e. The van der Waals surface area contributed by atoms with Gasteiger partial charge in [-0.05, 0) is 60.2 Å². The van der Waals surface area contributed by atoms with E-state index in [1.54, 1.807) is 12.3 Å². The SMILES string of the molecule is C=CCOc1ccc(/C=N\N=C2\NC(=O)[C@H](Cc3ccc(CCCC)cc3)S2)cc1. The molecular formula is C24H27N3O2S. The molecule has 0 radical (unpaired) electrons. The number of rotatable bonds is 10. The topological polar surface area (TPSA) is 63.1 Å². The summed E-state index contributed by atoms with van der Waals surface area (Å²) < 4.78 is 5.45. The molecule has 6 heteroatoms. The van der Waals surface area contributed by atoms with E-state index >= 15 is 0 Å². The molecule has 1 amide bonds. The smallest absolute Gasteiger partial charge is 0.239 e.